The lowest BCUT2D eigenvalue weighted by Gasteiger charge is -2.16. The first kappa shape index (κ1) is 19.0. The van der Waals surface area contributed by atoms with Gasteiger partial charge >= 0.3 is 0 Å². The highest BCUT2D eigenvalue weighted by molar-refractivity contribution is 7.90. The maximum atomic E-state index is 12.7. The molecule has 0 spiro atoms. The number of sulfone groups is 1. The van der Waals surface area contributed by atoms with Crippen LogP contribution >= 0.6 is 0 Å². The molecular formula is C20H20N2O4S. The summed E-state index contributed by atoms with van der Waals surface area (Å²) in [6, 6.07) is 14.1. The summed E-state index contributed by atoms with van der Waals surface area (Å²) in [5.74, 6) is 0. The van der Waals surface area contributed by atoms with Gasteiger partial charge in [0.2, 0.25) is 5.43 Å². The third-order valence-electron chi connectivity index (χ3n) is 4.20. The highest BCUT2D eigenvalue weighted by Crippen LogP contribution is 2.30. The van der Waals surface area contributed by atoms with Crippen LogP contribution in [-0.2, 0) is 21.3 Å². The number of hydrogen-bond acceptors (Lipinski definition) is 5. The Hall–Kier alpha value is -2.77. The maximum absolute atomic E-state index is 12.7. The quantitative estimate of drug-likeness (QED) is 0.676. The third-order valence-corrected chi connectivity index (χ3v) is 5.33. The molecule has 140 valence electrons. The molecule has 0 fully saturated rings. The van der Waals surface area contributed by atoms with E-state index in [-0.39, 0.29) is 17.1 Å². The van der Waals surface area contributed by atoms with E-state index in [1.807, 2.05) is 31.2 Å². The first-order valence-corrected chi connectivity index (χ1v) is 10.2. The molecule has 6 nitrogen and oxygen atoms in total. The van der Waals surface area contributed by atoms with Crippen molar-refractivity contribution >= 4 is 9.84 Å². The second-order valence-corrected chi connectivity index (χ2v) is 8.33. The van der Waals surface area contributed by atoms with Crippen LogP contribution in [-0.4, -0.2) is 31.6 Å². The maximum Gasteiger partial charge on any atom is 0.208 e. The lowest BCUT2D eigenvalue weighted by molar-refractivity contribution is 0.121. The fourth-order valence-electron chi connectivity index (χ4n) is 2.86. The molecule has 0 saturated carbocycles. The minimum absolute atomic E-state index is 0.178. The van der Waals surface area contributed by atoms with Crippen molar-refractivity contribution in [3.05, 3.63) is 70.5 Å². The molecular weight excluding hydrogens is 364 g/mol. The Balaban J connectivity index is 2.27. The summed E-state index contributed by atoms with van der Waals surface area (Å²) < 4.78 is 30.3. The van der Waals surface area contributed by atoms with Gasteiger partial charge in [-0.15, -0.1) is 0 Å². The summed E-state index contributed by atoms with van der Waals surface area (Å²) in [6.45, 7) is 2.16. The van der Waals surface area contributed by atoms with E-state index in [2.05, 4.69) is 5.10 Å². The molecule has 7 heteroatoms. The summed E-state index contributed by atoms with van der Waals surface area (Å²) in [5, 5.41) is 4.19. The number of ether oxygens (including phenoxy) is 1. The van der Waals surface area contributed by atoms with Crippen LogP contribution in [0, 0.1) is 6.92 Å². The van der Waals surface area contributed by atoms with Crippen LogP contribution in [0.4, 0.5) is 0 Å². The predicted octanol–water partition coefficient (Wildman–Crippen LogP) is 2.89. The Bertz CT molecular complexity index is 1120. The van der Waals surface area contributed by atoms with Crippen molar-refractivity contribution < 1.29 is 13.2 Å². The van der Waals surface area contributed by atoms with Gasteiger partial charge in [-0.1, -0.05) is 42.0 Å². The molecule has 0 unspecified atom stereocenters. The molecule has 3 rings (SSSR count). The van der Waals surface area contributed by atoms with Gasteiger partial charge in [0, 0.05) is 18.9 Å². The van der Waals surface area contributed by atoms with Crippen molar-refractivity contribution in [2.45, 2.75) is 18.6 Å². The lowest BCUT2D eigenvalue weighted by Crippen LogP contribution is -2.17. The van der Waals surface area contributed by atoms with Crippen LogP contribution in [0.15, 0.2) is 64.4 Å². The molecule has 2 aromatic carbocycles. The van der Waals surface area contributed by atoms with Gasteiger partial charge in [0.25, 0.3) is 0 Å². The van der Waals surface area contributed by atoms with Crippen LogP contribution in [0.25, 0.3) is 22.4 Å². The topological polar surface area (TPSA) is 78.3 Å². The number of hydrogen-bond donors (Lipinski definition) is 0. The summed E-state index contributed by atoms with van der Waals surface area (Å²) in [6.07, 6.45) is 2.40. The molecule has 0 amide bonds. The van der Waals surface area contributed by atoms with E-state index in [1.165, 1.54) is 18.3 Å². The summed E-state index contributed by atoms with van der Waals surface area (Å²) in [4.78, 5) is 12.9. The SMILES string of the molecule is COCn1ncc(=O)c(-c2ccc(S(C)(=O)=O)cc2)c1-c1ccc(C)cc1. The molecule has 0 aliphatic heterocycles. The van der Waals surface area contributed by atoms with Gasteiger partial charge in [-0.05, 0) is 24.6 Å². The van der Waals surface area contributed by atoms with Crippen molar-refractivity contribution in [1.82, 2.24) is 9.78 Å². The highest BCUT2D eigenvalue weighted by atomic mass is 32.2. The molecule has 0 bridgehead atoms. The van der Waals surface area contributed by atoms with Crippen molar-refractivity contribution in [1.29, 1.82) is 0 Å². The van der Waals surface area contributed by atoms with E-state index in [0.717, 1.165) is 17.4 Å². The van der Waals surface area contributed by atoms with Crippen molar-refractivity contribution in [2.24, 2.45) is 0 Å². The Morgan fingerprint density at radius 3 is 2.15 bits per heavy atom. The molecule has 0 aliphatic rings. The molecule has 0 atom stereocenters. The Morgan fingerprint density at radius 2 is 1.59 bits per heavy atom. The number of benzene rings is 2. The smallest absolute Gasteiger partial charge is 0.208 e. The largest absolute Gasteiger partial charge is 0.362 e. The van der Waals surface area contributed by atoms with Gasteiger partial charge in [0.1, 0.15) is 6.73 Å². The van der Waals surface area contributed by atoms with Crippen LogP contribution in [0.1, 0.15) is 5.56 Å². The molecule has 0 radical (unpaired) electrons. The number of aryl methyl sites for hydroxylation is 1. The predicted molar refractivity (Wildman–Crippen MR) is 104 cm³/mol. The average molecular weight is 384 g/mol. The Kier molecular flexibility index (Phi) is 5.25. The minimum Gasteiger partial charge on any atom is -0.362 e. The lowest BCUT2D eigenvalue weighted by atomic mass is 9.99. The zero-order valence-electron chi connectivity index (χ0n) is 15.3. The van der Waals surface area contributed by atoms with E-state index in [4.69, 9.17) is 4.74 Å². The molecule has 3 aromatic rings. The first-order valence-electron chi connectivity index (χ1n) is 8.28. The normalized spacial score (nSPS) is 11.5. The molecule has 0 N–H and O–H groups in total. The van der Waals surface area contributed by atoms with Crippen LogP contribution in [0.5, 0.6) is 0 Å². The number of nitrogens with zero attached hydrogens (tertiary/aromatic N) is 2. The molecule has 1 aromatic heterocycles. The van der Waals surface area contributed by atoms with Crippen molar-refractivity contribution in [3.63, 3.8) is 0 Å². The highest BCUT2D eigenvalue weighted by Gasteiger charge is 2.17. The van der Waals surface area contributed by atoms with E-state index < -0.39 is 9.84 Å². The fraction of sp³-hybridized carbons (Fsp3) is 0.200. The van der Waals surface area contributed by atoms with E-state index >= 15 is 0 Å². The van der Waals surface area contributed by atoms with Gasteiger partial charge in [-0.2, -0.15) is 5.10 Å². The van der Waals surface area contributed by atoms with Crippen molar-refractivity contribution in [3.8, 4) is 22.4 Å². The summed E-state index contributed by atoms with van der Waals surface area (Å²) in [5.41, 5.74) is 3.37. The monoisotopic (exact) mass is 384 g/mol. The fourth-order valence-corrected chi connectivity index (χ4v) is 3.49. The van der Waals surface area contributed by atoms with Crippen molar-refractivity contribution in [2.75, 3.05) is 13.4 Å². The standard InChI is InChI=1S/C20H20N2O4S/c1-14-4-6-16(7-5-14)20-19(18(23)12-21-22(20)13-26-2)15-8-10-17(11-9-15)27(3,24)25/h4-12H,13H2,1-3H3. The van der Waals surface area contributed by atoms with Crippen LogP contribution in [0.3, 0.4) is 0 Å². The summed E-state index contributed by atoms with van der Waals surface area (Å²) >= 11 is 0. The van der Waals surface area contributed by atoms with Gasteiger partial charge in [-0.25, -0.2) is 13.1 Å². The number of aromatic nitrogens is 2. The molecule has 0 aliphatic carbocycles. The van der Waals surface area contributed by atoms with Crippen LogP contribution in [0.2, 0.25) is 0 Å². The van der Waals surface area contributed by atoms with E-state index in [9.17, 15) is 13.2 Å². The Labute approximate surface area is 158 Å². The minimum atomic E-state index is -3.31. The number of rotatable bonds is 5. The van der Waals surface area contributed by atoms with Crippen LogP contribution < -0.4 is 5.43 Å². The number of methoxy groups -OCH3 is 1. The molecule has 27 heavy (non-hydrogen) atoms. The molecule has 0 saturated heterocycles. The molecule has 1 heterocycles. The third kappa shape index (κ3) is 3.99. The van der Waals surface area contributed by atoms with Gasteiger partial charge in [0.15, 0.2) is 9.84 Å². The second kappa shape index (κ2) is 7.46. The second-order valence-electron chi connectivity index (χ2n) is 6.31. The van der Waals surface area contributed by atoms with E-state index in [0.29, 0.717) is 16.8 Å². The summed E-state index contributed by atoms with van der Waals surface area (Å²) in [7, 11) is -1.76. The van der Waals surface area contributed by atoms with Gasteiger partial charge in [0.05, 0.1) is 22.3 Å². The Morgan fingerprint density at radius 1 is 1.00 bits per heavy atom. The zero-order valence-corrected chi connectivity index (χ0v) is 16.2. The first-order chi connectivity index (χ1) is 12.8. The average Bonchev–Trinajstić information content (AvgIpc) is 2.63. The van der Waals surface area contributed by atoms with E-state index in [1.54, 1.807) is 23.9 Å². The van der Waals surface area contributed by atoms with Gasteiger partial charge < -0.3 is 4.74 Å². The van der Waals surface area contributed by atoms with Gasteiger partial charge in [-0.3, -0.25) is 4.79 Å². The zero-order chi connectivity index (χ0) is 19.6.